The summed E-state index contributed by atoms with van der Waals surface area (Å²) in [5.74, 6) is -0.0344. The Morgan fingerprint density at radius 3 is 2.85 bits per heavy atom. The van der Waals surface area contributed by atoms with E-state index in [1.165, 1.54) is 10.0 Å². The summed E-state index contributed by atoms with van der Waals surface area (Å²) >= 11 is 0. The molecule has 0 saturated heterocycles. The molecule has 0 bridgehead atoms. The molecule has 0 spiro atoms. The van der Waals surface area contributed by atoms with Crippen molar-refractivity contribution in [3.63, 3.8) is 0 Å². The number of pyridine rings is 1. The third-order valence-electron chi connectivity index (χ3n) is 4.50. The summed E-state index contributed by atoms with van der Waals surface area (Å²) in [6.07, 6.45) is 7.20. The number of rotatable bonds is 4. The van der Waals surface area contributed by atoms with Gasteiger partial charge in [-0.1, -0.05) is 12.1 Å². The van der Waals surface area contributed by atoms with Gasteiger partial charge in [0.05, 0.1) is 15.9 Å². The lowest BCUT2D eigenvalue weighted by atomic mass is 9.97. The molecule has 2 aromatic heterocycles. The molecule has 0 saturated carbocycles. The van der Waals surface area contributed by atoms with Crippen LogP contribution in [0.4, 0.5) is 0 Å². The van der Waals surface area contributed by atoms with Crippen molar-refractivity contribution in [1.82, 2.24) is 8.96 Å². The van der Waals surface area contributed by atoms with Gasteiger partial charge in [0.25, 0.3) is 10.0 Å². The topological polar surface area (TPSA) is 95.0 Å². The first-order chi connectivity index (χ1) is 12.5. The molecule has 1 aromatic carbocycles. The Morgan fingerprint density at radius 2 is 2.04 bits per heavy atom. The summed E-state index contributed by atoms with van der Waals surface area (Å²) in [5.41, 5.74) is 9.18. The maximum absolute atomic E-state index is 13.2. The minimum absolute atomic E-state index is 0.0344. The van der Waals surface area contributed by atoms with E-state index in [0.29, 0.717) is 24.0 Å². The molecule has 3 aromatic rings. The number of hydrogen-bond donors (Lipinski definition) is 1. The van der Waals surface area contributed by atoms with E-state index in [1.807, 2.05) is 0 Å². The second-order valence-corrected chi connectivity index (χ2v) is 8.02. The van der Waals surface area contributed by atoms with Crippen LogP contribution in [0.3, 0.4) is 0 Å². The Bertz CT molecular complexity index is 1160. The molecule has 0 amide bonds. The first kappa shape index (κ1) is 16.7. The van der Waals surface area contributed by atoms with Crippen molar-refractivity contribution in [2.24, 2.45) is 5.73 Å². The monoisotopic (exact) mass is 367 g/mol. The Balaban J connectivity index is 1.88. The molecule has 0 fully saturated rings. The van der Waals surface area contributed by atoms with Gasteiger partial charge in [-0.15, -0.1) is 0 Å². The van der Waals surface area contributed by atoms with Gasteiger partial charge in [-0.2, -0.15) is 0 Å². The van der Waals surface area contributed by atoms with Crippen molar-refractivity contribution in [1.29, 1.82) is 0 Å². The van der Waals surface area contributed by atoms with Crippen LogP contribution < -0.4 is 5.73 Å². The number of nitrogens with zero attached hydrogens (tertiary/aromatic N) is 2. The molecule has 2 heterocycles. The average molecular weight is 367 g/mol. The van der Waals surface area contributed by atoms with Crippen LogP contribution in [0.15, 0.2) is 53.7 Å². The smallest absolute Gasteiger partial charge is 0.268 e. The molecule has 6 nitrogen and oxygen atoms in total. The van der Waals surface area contributed by atoms with Gasteiger partial charge < -0.3 is 5.73 Å². The first-order valence-corrected chi connectivity index (χ1v) is 9.69. The summed E-state index contributed by atoms with van der Waals surface area (Å²) in [7, 11) is -3.81. The van der Waals surface area contributed by atoms with E-state index >= 15 is 0 Å². The van der Waals surface area contributed by atoms with E-state index in [1.54, 1.807) is 48.8 Å². The zero-order chi connectivity index (χ0) is 18.3. The van der Waals surface area contributed by atoms with Crippen LogP contribution >= 0.6 is 0 Å². The second-order valence-electron chi connectivity index (χ2n) is 6.20. The molecule has 2 N–H and O–H groups in total. The van der Waals surface area contributed by atoms with Crippen LogP contribution in [0.25, 0.3) is 17.1 Å². The van der Waals surface area contributed by atoms with Crippen molar-refractivity contribution in [2.45, 2.75) is 17.7 Å². The lowest BCUT2D eigenvalue weighted by Crippen LogP contribution is -2.14. The Morgan fingerprint density at radius 1 is 1.19 bits per heavy atom. The van der Waals surface area contributed by atoms with Gasteiger partial charge in [-0.25, -0.2) is 12.4 Å². The van der Waals surface area contributed by atoms with Crippen molar-refractivity contribution < 1.29 is 13.2 Å². The summed E-state index contributed by atoms with van der Waals surface area (Å²) in [6.45, 7) is 0.406. The Hall–Kier alpha value is -2.77. The third-order valence-corrected chi connectivity index (χ3v) is 6.17. The second kappa shape index (κ2) is 6.19. The first-order valence-electron chi connectivity index (χ1n) is 8.25. The van der Waals surface area contributed by atoms with Crippen LogP contribution in [0.1, 0.15) is 16.7 Å². The van der Waals surface area contributed by atoms with Gasteiger partial charge in [0.1, 0.15) is 0 Å². The van der Waals surface area contributed by atoms with Crippen molar-refractivity contribution >= 4 is 32.9 Å². The zero-order valence-corrected chi connectivity index (χ0v) is 14.7. The highest BCUT2D eigenvalue weighted by molar-refractivity contribution is 7.90. The largest absolute Gasteiger partial charge is 0.330 e. The third kappa shape index (κ3) is 2.65. The number of benzene rings is 1. The van der Waals surface area contributed by atoms with Crippen LogP contribution in [0.2, 0.25) is 0 Å². The van der Waals surface area contributed by atoms with E-state index < -0.39 is 10.0 Å². The minimum atomic E-state index is -3.81. The van der Waals surface area contributed by atoms with Gasteiger partial charge in [-0.3, -0.25) is 9.78 Å². The Kier molecular flexibility index (Phi) is 3.97. The number of carbonyl (C=O) groups is 1. The van der Waals surface area contributed by atoms with E-state index in [4.69, 9.17) is 5.73 Å². The molecular weight excluding hydrogens is 350 g/mol. The number of nitrogens with two attached hydrogens (primary N) is 1. The number of allylic oxidation sites excluding steroid dienone is 1. The summed E-state index contributed by atoms with van der Waals surface area (Å²) < 4.78 is 27.7. The van der Waals surface area contributed by atoms with Gasteiger partial charge in [0, 0.05) is 18.8 Å². The van der Waals surface area contributed by atoms with Crippen molar-refractivity contribution in [2.75, 3.05) is 6.54 Å². The predicted molar refractivity (Wildman–Crippen MR) is 99.3 cm³/mol. The number of hydrogen-bond acceptors (Lipinski definition) is 5. The fourth-order valence-electron chi connectivity index (χ4n) is 3.23. The van der Waals surface area contributed by atoms with E-state index in [2.05, 4.69) is 4.98 Å². The molecule has 4 rings (SSSR count). The standard InChI is InChI=1S/C19H17N3O3S/c20-8-7-14-12-22(18-2-1-9-21-19(14)18)26(24,25)17-6-4-13-3-5-16(23)10-15(13)11-17/h1-6,9,11-12H,7-8,10,20H2. The molecule has 0 atom stereocenters. The molecule has 132 valence electrons. The SMILES string of the molecule is NCCc1cn(S(=O)(=O)c2ccc3c(c2)CC(=O)C=C3)c2cccnc12. The van der Waals surface area contributed by atoms with Gasteiger partial charge in [0.15, 0.2) is 5.78 Å². The van der Waals surface area contributed by atoms with E-state index in [9.17, 15) is 13.2 Å². The van der Waals surface area contributed by atoms with Crippen LogP contribution in [0.5, 0.6) is 0 Å². The highest BCUT2D eigenvalue weighted by atomic mass is 32.2. The fraction of sp³-hybridized carbons (Fsp3) is 0.158. The van der Waals surface area contributed by atoms with Gasteiger partial charge in [-0.05, 0) is 60.0 Å². The minimum Gasteiger partial charge on any atom is -0.330 e. The maximum atomic E-state index is 13.2. The molecule has 0 unspecified atom stereocenters. The van der Waals surface area contributed by atoms with Gasteiger partial charge in [0.2, 0.25) is 0 Å². The summed E-state index contributed by atoms with van der Waals surface area (Å²) in [5, 5.41) is 0. The predicted octanol–water partition coefficient (Wildman–Crippen LogP) is 1.91. The normalized spacial score (nSPS) is 14.0. The van der Waals surface area contributed by atoms with Crippen molar-refractivity contribution in [3.05, 3.63) is 65.5 Å². The molecule has 0 aliphatic heterocycles. The molecule has 1 aliphatic rings. The summed E-state index contributed by atoms with van der Waals surface area (Å²) in [4.78, 5) is 16.1. The van der Waals surface area contributed by atoms with E-state index in [0.717, 1.165) is 16.7 Å². The number of ketones is 1. The number of fused-ring (bicyclic) bond motifs is 2. The summed E-state index contributed by atoms with van der Waals surface area (Å²) in [6, 6.07) is 8.31. The van der Waals surface area contributed by atoms with Crippen LogP contribution in [0, 0.1) is 0 Å². The van der Waals surface area contributed by atoms with Crippen LogP contribution in [-0.4, -0.2) is 29.7 Å². The molecule has 0 radical (unpaired) electrons. The quantitative estimate of drug-likeness (QED) is 0.760. The van der Waals surface area contributed by atoms with Gasteiger partial charge >= 0.3 is 0 Å². The molecule has 1 aliphatic carbocycles. The fourth-order valence-corrected chi connectivity index (χ4v) is 4.66. The number of aromatic nitrogens is 2. The Labute approximate surface area is 151 Å². The van der Waals surface area contributed by atoms with Crippen LogP contribution in [-0.2, 0) is 27.7 Å². The molecule has 7 heteroatoms. The highest BCUT2D eigenvalue weighted by Crippen LogP contribution is 2.27. The maximum Gasteiger partial charge on any atom is 0.268 e. The average Bonchev–Trinajstić information content (AvgIpc) is 3.01. The number of carbonyl (C=O) groups excluding carboxylic acids is 1. The molecular formula is C19H17N3O3S. The lowest BCUT2D eigenvalue weighted by Gasteiger charge is -2.13. The molecule has 26 heavy (non-hydrogen) atoms. The van der Waals surface area contributed by atoms with E-state index in [-0.39, 0.29) is 17.1 Å². The zero-order valence-electron chi connectivity index (χ0n) is 13.9. The highest BCUT2D eigenvalue weighted by Gasteiger charge is 2.23. The van der Waals surface area contributed by atoms with Crippen molar-refractivity contribution in [3.8, 4) is 0 Å². The lowest BCUT2D eigenvalue weighted by molar-refractivity contribution is -0.114.